The summed E-state index contributed by atoms with van der Waals surface area (Å²) >= 11 is 25.4. The van der Waals surface area contributed by atoms with Crippen LogP contribution in [0.25, 0.3) is 0 Å². The smallest absolute Gasteiger partial charge is 0.223 e. The van der Waals surface area contributed by atoms with E-state index in [1.54, 1.807) is 0 Å². The maximum absolute atomic E-state index is 13.2. The molecule has 0 radical (unpaired) electrons. The molecule has 3 N–H and O–H groups in total. The van der Waals surface area contributed by atoms with Gasteiger partial charge in [0.2, 0.25) is 5.91 Å². The van der Waals surface area contributed by atoms with Gasteiger partial charge in [0.1, 0.15) is 8.67 Å². The number of alkyl halides is 4. The number of halogens is 5. The third-order valence-electron chi connectivity index (χ3n) is 5.99. The molecule has 0 spiro atoms. The molecule has 1 aliphatic carbocycles. The van der Waals surface area contributed by atoms with Crippen molar-refractivity contribution in [1.29, 1.82) is 0 Å². The predicted octanol–water partition coefficient (Wildman–Crippen LogP) is 4.84. The fourth-order valence-corrected chi connectivity index (χ4v) is 6.05. The summed E-state index contributed by atoms with van der Waals surface area (Å²) < 4.78 is -2.71. The normalized spacial score (nSPS) is 30.1. The van der Waals surface area contributed by atoms with Crippen LogP contribution in [0.2, 0.25) is 0 Å². The van der Waals surface area contributed by atoms with E-state index in [4.69, 9.17) is 52.1 Å². The lowest BCUT2D eigenvalue weighted by molar-refractivity contribution is -0.127. The lowest BCUT2D eigenvalue weighted by Gasteiger charge is -2.44. The summed E-state index contributed by atoms with van der Waals surface area (Å²) in [5, 5.41) is 3.24. The van der Waals surface area contributed by atoms with E-state index in [2.05, 4.69) is 17.3 Å². The topological polar surface area (TPSA) is 58.4 Å². The summed E-state index contributed by atoms with van der Waals surface area (Å²) in [7, 11) is 2.11. The zero-order chi connectivity index (χ0) is 20.5. The number of benzene rings is 1. The number of rotatable bonds is 4. The highest BCUT2D eigenvalue weighted by Gasteiger charge is 2.54. The van der Waals surface area contributed by atoms with Crippen molar-refractivity contribution < 1.29 is 4.79 Å². The van der Waals surface area contributed by atoms with Gasteiger partial charge in [-0.25, -0.2) is 0 Å². The maximum atomic E-state index is 13.2. The van der Waals surface area contributed by atoms with Gasteiger partial charge in [-0.2, -0.15) is 0 Å². The van der Waals surface area contributed by atoms with Crippen LogP contribution >= 0.6 is 58.8 Å². The molecule has 1 aromatic rings. The molecule has 3 rings (SSSR count). The second-order valence-corrected chi connectivity index (χ2v) is 11.1. The highest BCUT2D eigenvalue weighted by Crippen LogP contribution is 2.49. The van der Waals surface area contributed by atoms with Crippen LogP contribution in [-0.4, -0.2) is 45.1 Å². The summed E-state index contributed by atoms with van der Waals surface area (Å²) in [6.07, 6.45) is 3.77. The van der Waals surface area contributed by atoms with Gasteiger partial charge in [-0.05, 0) is 44.8 Å². The van der Waals surface area contributed by atoms with Gasteiger partial charge < -0.3 is 16.0 Å². The SMILES string of the molecule is CN1CCCC[C@@H]1[C@H](NC(=O)C1CC(Cl)(Cl)C(N)C(Cl)(Cl)C1)c1ccccc1.Cl. The molecule has 1 aromatic carbocycles. The Balaban J connectivity index is 0.00000300. The van der Waals surface area contributed by atoms with Crippen LogP contribution in [0.3, 0.4) is 0 Å². The Labute approximate surface area is 199 Å². The quantitative estimate of drug-likeness (QED) is 0.579. The minimum Gasteiger partial charge on any atom is -0.347 e. The summed E-state index contributed by atoms with van der Waals surface area (Å²) in [4.78, 5) is 15.5. The second kappa shape index (κ2) is 10.1. The molecular formula is C20H28Cl5N3O. The van der Waals surface area contributed by atoms with Crippen LogP contribution in [-0.2, 0) is 4.79 Å². The number of carbonyl (C=O) groups excluding carboxylic acids is 1. The number of amides is 1. The summed E-state index contributed by atoms with van der Waals surface area (Å²) in [5.41, 5.74) is 7.09. The molecule has 1 amide bonds. The van der Waals surface area contributed by atoms with Crippen molar-refractivity contribution in [2.45, 2.75) is 58.9 Å². The highest BCUT2D eigenvalue weighted by molar-refractivity contribution is 6.54. The Bertz CT molecular complexity index is 670. The number of nitrogens with one attached hydrogen (secondary N) is 1. The van der Waals surface area contributed by atoms with E-state index in [0.717, 1.165) is 24.9 Å². The van der Waals surface area contributed by atoms with Gasteiger partial charge in [0, 0.05) is 12.0 Å². The van der Waals surface area contributed by atoms with Crippen molar-refractivity contribution >= 4 is 64.7 Å². The van der Waals surface area contributed by atoms with Gasteiger partial charge >= 0.3 is 0 Å². The molecule has 1 heterocycles. The zero-order valence-corrected chi connectivity index (χ0v) is 20.1. The van der Waals surface area contributed by atoms with E-state index in [-0.39, 0.29) is 43.2 Å². The Kier molecular flexibility index (Phi) is 8.84. The summed E-state index contributed by atoms with van der Waals surface area (Å²) in [6, 6.07) is 9.31. The van der Waals surface area contributed by atoms with Gasteiger partial charge in [0.15, 0.2) is 0 Å². The minimum absolute atomic E-state index is 0. The van der Waals surface area contributed by atoms with Gasteiger partial charge in [0.25, 0.3) is 0 Å². The lowest BCUT2D eigenvalue weighted by Crippen LogP contribution is -2.59. The minimum atomic E-state index is -1.35. The van der Waals surface area contributed by atoms with Crippen molar-refractivity contribution in [2.24, 2.45) is 11.7 Å². The van der Waals surface area contributed by atoms with Crippen molar-refractivity contribution in [2.75, 3.05) is 13.6 Å². The monoisotopic (exact) mass is 501 g/mol. The maximum Gasteiger partial charge on any atom is 0.223 e. The molecule has 9 heteroatoms. The molecule has 0 bridgehead atoms. The average molecular weight is 504 g/mol. The first-order valence-corrected chi connectivity index (χ1v) is 11.2. The van der Waals surface area contributed by atoms with E-state index >= 15 is 0 Å². The van der Waals surface area contributed by atoms with Gasteiger partial charge in [0.05, 0.1) is 12.1 Å². The van der Waals surface area contributed by atoms with E-state index in [1.807, 2.05) is 30.3 Å². The van der Waals surface area contributed by atoms with Crippen molar-refractivity contribution in [3.05, 3.63) is 35.9 Å². The van der Waals surface area contributed by atoms with E-state index in [1.165, 1.54) is 6.42 Å². The summed E-state index contributed by atoms with van der Waals surface area (Å²) in [6.45, 7) is 1.01. The fraction of sp³-hybridized carbons (Fsp3) is 0.650. The molecule has 29 heavy (non-hydrogen) atoms. The van der Waals surface area contributed by atoms with Crippen molar-refractivity contribution in [3.63, 3.8) is 0 Å². The van der Waals surface area contributed by atoms with E-state index in [9.17, 15) is 4.79 Å². The number of hydrogen-bond donors (Lipinski definition) is 2. The Morgan fingerprint density at radius 3 is 2.28 bits per heavy atom. The predicted molar refractivity (Wildman–Crippen MR) is 124 cm³/mol. The zero-order valence-electron chi connectivity index (χ0n) is 16.3. The molecule has 1 saturated carbocycles. The van der Waals surface area contributed by atoms with Gasteiger partial charge in [-0.1, -0.05) is 83.2 Å². The largest absolute Gasteiger partial charge is 0.347 e. The number of carbonyl (C=O) groups is 1. The molecule has 164 valence electrons. The number of hydrogen-bond acceptors (Lipinski definition) is 3. The molecule has 1 saturated heterocycles. The fourth-order valence-electron chi connectivity index (χ4n) is 4.33. The Morgan fingerprint density at radius 2 is 1.72 bits per heavy atom. The highest BCUT2D eigenvalue weighted by atomic mass is 35.5. The van der Waals surface area contributed by atoms with Gasteiger partial charge in [-0.3, -0.25) is 4.79 Å². The van der Waals surface area contributed by atoms with E-state index < -0.39 is 20.6 Å². The first kappa shape index (κ1) is 25.3. The molecule has 2 fully saturated rings. The van der Waals surface area contributed by atoms with Gasteiger partial charge in [-0.15, -0.1) is 12.4 Å². The third kappa shape index (κ3) is 5.85. The van der Waals surface area contributed by atoms with Crippen LogP contribution in [0.5, 0.6) is 0 Å². The molecule has 0 aromatic heterocycles. The Morgan fingerprint density at radius 1 is 1.14 bits per heavy atom. The Hall–Kier alpha value is 0.0600. The number of nitrogens with zero attached hydrogens (tertiary/aromatic N) is 1. The number of likely N-dealkylation sites (tertiary alicyclic amines) is 1. The molecule has 4 nitrogen and oxygen atoms in total. The number of likely N-dealkylation sites (N-methyl/N-ethyl adjacent to an activating group) is 1. The lowest BCUT2D eigenvalue weighted by atomic mass is 9.83. The average Bonchev–Trinajstić information content (AvgIpc) is 2.65. The second-order valence-electron chi connectivity index (χ2n) is 8.05. The molecule has 0 unspecified atom stereocenters. The summed E-state index contributed by atoms with van der Waals surface area (Å²) in [5.74, 6) is -0.652. The van der Waals surface area contributed by atoms with Crippen LogP contribution in [0.1, 0.15) is 43.7 Å². The first-order chi connectivity index (χ1) is 13.1. The standard InChI is InChI=1S/C20H27Cl4N3O.ClH/c1-27-10-6-5-9-15(27)16(13-7-3-2-4-8-13)26-17(28)14-11-19(21,22)18(25)20(23,24)12-14;/h2-4,7-8,14-16,18H,5-6,9-12,25H2,1H3,(H,26,28);1H/t14?,15-,16-,18?;/m1./s1. The molecule has 1 aliphatic heterocycles. The van der Waals surface area contributed by atoms with Crippen molar-refractivity contribution in [3.8, 4) is 0 Å². The molecular weight excluding hydrogens is 476 g/mol. The van der Waals surface area contributed by atoms with Crippen LogP contribution in [0.15, 0.2) is 30.3 Å². The molecule has 2 atom stereocenters. The molecule has 2 aliphatic rings. The number of piperidine rings is 1. The van der Waals surface area contributed by atoms with E-state index in [0.29, 0.717) is 0 Å². The van der Waals surface area contributed by atoms with Crippen LogP contribution in [0, 0.1) is 5.92 Å². The van der Waals surface area contributed by atoms with Crippen LogP contribution in [0.4, 0.5) is 0 Å². The van der Waals surface area contributed by atoms with Crippen molar-refractivity contribution in [1.82, 2.24) is 10.2 Å². The first-order valence-electron chi connectivity index (χ1n) is 9.68. The number of nitrogens with two attached hydrogens (primary N) is 1. The third-order valence-corrected chi connectivity index (χ3v) is 7.54. The van der Waals surface area contributed by atoms with Crippen LogP contribution < -0.4 is 11.1 Å².